The van der Waals surface area contributed by atoms with Gasteiger partial charge in [0.2, 0.25) is 5.82 Å². The fourth-order valence-electron chi connectivity index (χ4n) is 3.59. The maximum absolute atomic E-state index is 12.7. The highest BCUT2D eigenvalue weighted by atomic mass is 19.4. The number of rotatable bonds is 4. The average Bonchev–Trinajstić information content (AvgIpc) is 3.18. The Bertz CT molecular complexity index is 995. The average molecular weight is 403 g/mol. The smallest absolute Gasteiger partial charge is 0.405 e. The van der Waals surface area contributed by atoms with Crippen LogP contribution in [0.25, 0.3) is 22.8 Å². The number of benzene rings is 2. The first kappa shape index (κ1) is 19.3. The third-order valence-electron chi connectivity index (χ3n) is 4.92. The van der Waals surface area contributed by atoms with Crippen LogP contribution in [0.2, 0.25) is 0 Å². The van der Waals surface area contributed by atoms with Gasteiger partial charge in [-0.3, -0.25) is 0 Å². The van der Waals surface area contributed by atoms with E-state index in [0.717, 1.165) is 24.2 Å². The highest BCUT2D eigenvalue weighted by molar-refractivity contribution is 5.68. The third kappa shape index (κ3) is 4.36. The molecule has 0 bridgehead atoms. The summed E-state index contributed by atoms with van der Waals surface area (Å²) in [5.74, 6) is -0.0864. The van der Waals surface area contributed by atoms with E-state index in [1.54, 1.807) is 6.07 Å². The van der Waals surface area contributed by atoms with Crippen LogP contribution >= 0.6 is 0 Å². The molecule has 3 aromatic rings. The summed E-state index contributed by atoms with van der Waals surface area (Å²) in [5.41, 5.74) is 3.10. The van der Waals surface area contributed by atoms with E-state index in [0.29, 0.717) is 0 Å². The van der Waals surface area contributed by atoms with E-state index in [1.165, 1.54) is 43.1 Å². The van der Waals surface area contributed by atoms with Gasteiger partial charge >= 0.3 is 6.36 Å². The molecule has 2 heterocycles. The molecule has 4 rings (SSSR count). The molecule has 1 saturated heterocycles. The number of hydrogen-bond acceptors (Lipinski definition) is 5. The van der Waals surface area contributed by atoms with E-state index in [1.807, 2.05) is 25.1 Å². The van der Waals surface area contributed by atoms with Crippen molar-refractivity contribution < 1.29 is 22.4 Å². The number of para-hydroxylation sites is 1. The Morgan fingerprint density at radius 2 is 1.79 bits per heavy atom. The van der Waals surface area contributed by atoms with Gasteiger partial charge in [0.15, 0.2) is 0 Å². The molecule has 1 aromatic heterocycles. The second-order valence-corrected chi connectivity index (χ2v) is 7.02. The Balaban J connectivity index is 1.61. The van der Waals surface area contributed by atoms with Crippen LogP contribution in [-0.2, 0) is 0 Å². The molecular weight excluding hydrogens is 383 g/mol. The fraction of sp³-hybridized carbons (Fsp3) is 0.333. The lowest BCUT2D eigenvalue weighted by atomic mass is 10.1. The van der Waals surface area contributed by atoms with Crippen molar-refractivity contribution in [2.75, 3.05) is 18.0 Å². The molecule has 152 valence electrons. The van der Waals surface area contributed by atoms with Gasteiger partial charge in [0.05, 0.1) is 5.56 Å². The minimum atomic E-state index is -4.80. The largest absolute Gasteiger partial charge is 0.573 e. The highest BCUT2D eigenvalue weighted by Gasteiger charge is 2.32. The molecule has 0 spiro atoms. The van der Waals surface area contributed by atoms with E-state index in [4.69, 9.17) is 4.52 Å². The summed E-state index contributed by atoms with van der Waals surface area (Å²) in [6.07, 6.45) is -1.16. The van der Waals surface area contributed by atoms with E-state index >= 15 is 0 Å². The van der Waals surface area contributed by atoms with Gasteiger partial charge in [-0.2, -0.15) is 4.98 Å². The molecule has 5 nitrogen and oxygen atoms in total. The molecule has 0 amide bonds. The molecule has 29 heavy (non-hydrogen) atoms. The third-order valence-corrected chi connectivity index (χ3v) is 4.92. The van der Waals surface area contributed by atoms with Crippen molar-refractivity contribution in [1.82, 2.24) is 10.1 Å². The van der Waals surface area contributed by atoms with Gasteiger partial charge in [0, 0.05) is 24.3 Å². The van der Waals surface area contributed by atoms with Crippen LogP contribution in [0.5, 0.6) is 5.75 Å². The second kappa shape index (κ2) is 7.77. The number of piperidine rings is 1. The Morgan fingerprint density at radius 1 is 1.03 bits per heavy atom. The summed E-state index contributed by atoms with van der Waals surface area (Å²) in [5, 5.41) is 3.85. The van der Waals surface area contributed by atoms with Gasteiger partial charge in [0.25, 0.3) is 5.89 Å². The normalized spacial score (nSPS) is 14.8. The molecule has 0 unspecified atom stereocenters. The zero-order chi connectivity index (χ0) is 20.4. The van der Waals surface area contributed by atoms with Gasteiger partial charge < -0.3 is 14.2 Å². The Morgan fingerprint density at radius 3 is 2.52 bits per heavy atom. The predicted octanol–water partition coefficient (Wildman–Crippen LogP) is 5.60. The van der Waals surface area contributed by atoms with Crippen LogP contribution in [0.4, 0.5) is 18.9 Å². The van der Waals surface area contributed by atoms with Crippen LogP contribution < -0.4 is 9.64 Å². The fourth-order valence-corrected chi connectivity index (χ4v) is 3.59. The molecular formula is C21H20F3N3O2. The monoisotopic (exact) mass is 403 g/mol. The molecule has 8 heteroatoms. The number of anilines is 1. The van der Waals surface area contributed by atoms with Crippen molar-refractivity contribution in [3.05, 3.63) is 48.0 Å². The van der Waals surface area contributed by atoms with Crippen LogP contribution in [0.1, 0.15) is 24.8 Å². The molecule has 0 radical (unpaired) electrons. The van der Waals surface area contributed by atoms with Crippen molar-refractivity contribution in [1.29, 1.82) is 0 Å². The highest BCUT2D eigenvalue weighted by Crippen LogP contribution is 2.34. The van der Waals surface area contributed by atoms with Gasteiger partial charge in [-0.05, 0) is 62.1 Å². The molecule has 1 aliphatic heterocycles. The SMILES string of the molecule is Cc1cc(-c2nc(-c3ccccc3OC(F)(F)F)no2)ccc1N1CCCCC1. The lowest BCUT2D eigenvalue weighted by molar-refractivity contribution is -0.274. The number of aromatic nitrogens is 2. The molecule has 1 fully saturated rings. The Hall–Kier alpha value is -3.03. The van der Waals surface area contributed by atoms with Gasteiger partial charge in [-0.15, -0.1) is 13.2 Å². The summed E-state index contributed by atoms with van der Waals surface area (Å²) in [7, 11) is 0. The molecule has 0 N–H and O–H groups in total. The second-order valence-electron chi connectivity index (χ2n) is 7.02. The Kier molecular flexibility index (Phi) is 5.17. The summed E-state index contributed by atoms with van der Waals surface area (Å²) in [4.78, 5) is 6.65. The molecule has 0 atom stereocenters. The zero-order valence-corrected chi connectivity index (χ0v) is 15.9. The van der Waals surface area contributed by atoms with Crippen molar-refractivity contribution >= 4 is 5.69 Å². The van der Waals surface area contributed by atoms with E-state index in [-0.39, 0.29) is 23.0 Å². The summed E-state index contributed by atoms with van der Waals surface area (Å²) >= 11 is 0. The van der Waals surface area contributed by atoms with Crippen molar-refractivity contribution in [2.45, 2.75) is 32.5 Å². The van der Waals surface area contributed by atoms with Gasteiger partial charge in [0.1, 0.15) is 5.75 Å². The number of halogens is 3. The van der Waals surface area contributed by atoms with Crippen molar-refractivity contribution in [3.8, 4) is 28.6 Å². The maximum atomic E-state index is 12.7. The molecule has 0 saturated carbocycles. The first-order valence-corrected chi connectivity index (χ1v) is 9.45. The van der Waals surface area contributed by atoms with E-state index < -0.39 is 6.36 Å². The summed E-state index contributed by atoms with van der Waals surface area (Å²) in [6.45, 7) is 4.11. The van der Waals surface area contributed by atoms with Crippen molar-refractivity contribution in [2.24, 2.45) is 0 Å². The number of nitrogens with zero attached hydrogens (tertiary/aromatic N) is 3. The molecule has 2 aromatic carbocycles. The lowest BCUT2D eigenvalue weighted by Gasteiger charge is -2.30. The Labute approximate surface area is 166 Å². The maximum Gasteiger partial charge on any atom is 0.573 e. The zero-order valence-electron chi connectivity index (χ0n) is 15.9. The van der Waals surface area contributed by atoms with E-state index in [2.05, 4.69) is 19.8 Å². The number of ether oxygens (including phenoxy) is 1. The minimum absolute atomic E-state index is 0.0395. The van der Waals surface area contributed by atoms with Crippen molar-refractivity contribution in [3.63, 3.8) is 0 Å². The molecule has 0 aliphatic carbocycles. The quantitative estimate of drug-likeness (QED) is 0.567. The van der Waals surface area contributed by atoms with Gasteiger partial charge in [-0.1, -0.05) is 17.3 Å². The van der Waals surface area contributed by atoms with Crippen LogP contribution in [-0.4, -0.2) is 29.6 Å². The number of hydrogen-bond donors (Lipinski definition) is 0. The first-order valence-electron chi connectivity index (χ1n) is 9.45. The van der Waals surface area contributed by atoms with Gasteiger partial charge in [-0.25, -0.2) is 0 Å². The van der Waals surface area contributed by atoms with Crippen LogP contribution in [0.3, 0.4) is 0 Å². The predicted molar refractivity (Wildman–Crippen MR) is 103 cm³/mol. The lowest BCUT2D eigenvalue weighted by Crippen LogP contribution is -2.29. The minimum Gasteiger partial charge on any atom is -0.405 e. The van der Waals surface area contributed by atoms with E-state index in [9.17, 15) is 13.2 Å². The standard InChI is InChI=1S/C21H20F3N3O2/c1-14-13-15(9-10-17(14)27-11-5-2-6-12-27)20-25-19(26-29-20)16-7-3-4-8-18(16)28-21(22,23)24/h3-4,7-10,13H,2,5-6,11-12H2,1H3. The van der Waals surface area contributed by atoms with Crippen LogP contribution in [0, 0.1) is 6.92 Å². The first-order chi connectivity index (χ1) is 13.9. The summed E-state index contributed by atoms with van der Waals surface area (Å²) in [6, 6.07) is 11.6. The topological polar surface area (TPSA) is 51.4 Å². The number of alkyl halides is 3. The van der Waals surface area contributed by atoms with Crippen LogP contribution in [0.15, 0.2) is 47.0 Å². The molecule has 1 aliphatic rings. The number of aryl methyl sites for hydroxylation is 1. The summed E-state index contributed by atoms with van der Waals surface area (Å²) < 4.78 is 47.4.